The Kier molecular flexibility index (Phi) is 4.71. The second-order valence-corrected chi connectivity index (χ2v) is 6.20. The van der Waals surface area contributed by atoms with Crippen molar-refractivity contribution in [2.24, 2.45) is 0 Å². The third kappa shape index (κ3) is 3.63. The van der Waals surface area contributed by atoms with E-state index in [1.165, 1.54) is 0 Å². The van der Waals surface area contributed by atoms with Crippen molar-refractivity contribution in [3.63, 3.8) is 0 Å². The Morgan fingerprint density at radius 2 is 1.81 bits per heavy atom. The van der Waals surface area contributed by atoms with Gasteiger partial charge in [0.1, 0.15) is 18.2 Å². The first-order valence-corrected chi connectivity index (χ1v) is 8.64. The largest absolute Gasteiger partial charge is 0.486 e. The molecule has 4 aromatic rings. The second-order valence-electron chi connectivity index (χ2n) is 5.76. The van der Waals surface area contributed by atoms with Gasteiger partial charge in [-0.2, -0.15) is 0 Å². The summed E-state index contributed by atoms with van der Waals surface area (Å²) in [6.07, 6.45) is 3.51. The van der Waals surface area contributed by atoms with Crippen LogP contribution in [0.2, 0.25) is 5.02 Å². The lowest BCUT2D eigenvalue weighted by molar-refractivity contribution is 0.291. The molecule has 130 valence electrons. The Hall–Kier alpha value is -3.05. The Morgan fingerprint density at radius 3 is 2.62 bits per heavy atom. The molecular formula is C20H17ClN4O. The third-order valence-corrected chi connectivity index (χ3v) is 4.26. The fraction of sp³-hybridized carbons (Fsp3) is 0.100. The van der Waals surface area contributed by atoms with Crippen molar-refractivity contribution in [2.45, 2.75) is 13.3 Å². The zero-order chi connectivity index (χ0) is 17.8. The van der Waals surface area contributed by atoms with Gasteiger partial charge in [0.2, 0.25) is 0 Å². The molecule has 26 heavy (non-hydrogen) atoms. The van der Waals surface area contributed by atoms with Crippen LogP contribution in [0.5, 0.6) is 5.75 Å². The molecule has 0 bridgehead atoms. The highest BCUT2D eigenvalue weighted by molar-refractivity contribution is 6.31. The molecule has 5 nitrogen and oxygen atoms in total. The van der Waals surface area contributed by atoms with E-state index < -0.39 is 0 Å². The normalized spacial score (nSPS) is 10.8. The zero-order valence-corrected chi connectivity index (χ0v) is 14.7. The highest BCUT2D eigenvalue weighted by atomic mass is 35.5. The molecule has 1 N–H and O–H groups in total. The van der Waals surface area contributed by atoms with E-state index in [1.54, 1.807) is 12.4 Å². The van der Waals surface area contributed by atoms with Crippen LogP contribution in [-0.2, 0) is 13.3 Å². The number of hydrogen-bond acceptors (Lipinski definition) is 4. The number of benzene rings is 2. The van der Waals surface area contributed by atoms with Crippen molar-refractivity contribution in [3.8, 4) is 5.75 Å². The summed E-state index contributed by atoms with van der Waals surface area (Å²) in [5, 5.41) is 4.06. The third-order valence-electron chi connectivity index (χ3n) is 4.02. The van der Waals surface area contributed by atoms with Gasteiger partial charge in [-0.1, -0.05) is 29.8 Å². The fourth-order valence-electron chi connectivity index (χ4n) is 2.74. The molecule has 0 unspecified atom stereocenters. The van der Waals surface area contributed by atoms with Crippen molar-refractivity contribution in [1.29, 1.82) is 0 Å². The number of ether oxygens (including phenoxy) is 1. The number of anilines is 1. The van der Waals surface area contributed by atoms with Gasteiger partial charge in [-0.3, -0.25) is 4.98 Å². The average Bonchev–Trinajstić information content (AvgIpc) is 3.03. The molecule has 4 rings (SSSR count). The van der Waals surface area contributed by atoms with Crippen LogP contribution >= 0.6 is 11.6 Å². The number of rotatable bonds is 6. The second kappa shape index (κ2) is 7.45. The van der Waals surface area contributed by atoms with E-state index in [9.17, 15) is 0 Å². The van der Waals surface area contributed by atoms with E-state index >= 15 is 0 Å². The predicted octanol–water partition coefficient (Wildman–Crippen LogP) is 4.73. The molecule has 0 aliphatic carbocycles. The smallest absolute Gasteiger partial charge is 0.149 e. The molecule has 0 saturated heterocycles. The van der Waals surface area contributed by atoms with Gasteiger partial charge in [0.05, 0.1) is 17.7 Å². The van der Waals surface area contributed by atoms with Gasteiger partial charge >= 0.3 is 0 Å². The molecule has 0 radical (unpaired) electrons. The first kappa shape index (κ1) is 16.4. The van der Waals surface area contributed by atoms with Gasteiger partial charge in [-0.25, -0.2) is 4.98 Å². The molecule has 0 atom stereocenters. The molecule has 0 spiro atoms. The number of fused-ring (bicyclic) bond motifs is 1. The molecule has 6 heteroatoms. The molecule has 2 heterocycles. The lowest BCUT2D eigenvalue weighted by atomic mass is 10.3. The minimum absolute atomic E-state index is 0.369. The molecule has 0 fully saturated rings. The van der Waals surface area contributed by atoms with Crippen LogP contribution in [-0.4, -0.2) is 14.5 Å². The summed E-state index contributed by atoms with van der Waals surface area (Å²) in [4.78, 5) is 8.74. The van der Waals surface area contributed by atoms with Crippen LogP contribution in [0.4, 0.5) is 5.69 Å². The number of para-hydroxylation sites is 1. The number of aromatic nitrogens is 3. The maximum absolute atomic E-state index is 6.19. The maximum atomic E-state index is 6.19. The van der Waals surface area contributed by atoms with Crippen molar-refractivity contribution < 1.29 is 4.74 Å². The van der Waals surface area contributed by atoms with Gasteiger partial charge < -0.3 is 14.6 Å². The molecule has 2 aromatic heterocycles. The average molecular weight is 365 g/mol. The number of nitrogens with one attached hydrogen (secondary N) is 1. The molecule has 2 aromatic carbocycles. The predicted molar refractivity (Wildman–Crippen MR) is 103 cm³/mol. The van der Waals surface area contributed by atoms with Crippen LogP contribution in [0.3, 0.4) is 0 Å². The molecular weight excluding hydrogens is 348 g/mol. The standard InChI is InChI=1S/C20H17ClN4O/c21-15-6-7-18-19(12-15)25(14-23-16-8-10-22-11-9-16)20(24-18)13-26-17-4-2-1-3-5-17/h1-12H,13-14H2,(H,22,23). The summed E-state index contributed by atoms with van der Waals surface area (Å²) in [5.74, 6) is 1.64. The van der Waals surface area contributed by atoms with Gasteiger partial charge in [0.15, 0.2) is 0 Å². The van der Waals surface area contributed by atoms with Crippen molar-refractivity contribution in [2.75, 3.05) is 5.32 Å². The summed E-state index contributed by atoms with van der Waals surface area (Å²) in [5.41, 5.74) is 2.84. The van der Waals surface area contributed by atoms with Gasteiger partial charge in [0, 0.05) is 23.1 Å². The highest BCUT2D eigenvalue weighted by Crippen LogP contribution is 2.22. The van der Waals surface area contributed by atoms with E-state index in [2.05, 4.69) is 14.9 Å². The van der Waals surface area contributed by atoms with Gasteiger partial charge in [-0.15, -0.1) is 0 Å². The molecule has 0 aliphatic rings. The summed E-state index contributed by atoms with van der Waals surface area (Å²) in [7, 11) is 0. The minimum Gasteiger partial charge on any atom is -0.486 e. The summed E-state index contributed by atoms with van der Waals surface area (Å²) in [6, 6.07) is 19.3. The SMILES string of the molecule is Clc1ccc2nc(COc3ccccc3)n(CNc3ccncc3)c2c1. The molecule has 0 aliphatic heterocycles. The number of halogens is 1. The number of nitrogens with zero attached hydrogens (tertiary/aromatic N) is 3. The Morgan fingerprint density at radius 1 is 1.00 bits per heavy atom. The van der Waals surface area contributed by atoms with Crippen LogP contribution in [0, 0.1) is 0 Å². The first-order valence-electron chi connectivity index (χ1n) is 8.26. The number of pyridine rings is 1. The van der Waals surface area contributed by atoms with E-state index in [0.717, 1.165) is 28.3 Å². The molecule has 0 amide bonds. The fourth-order valence-corrected chi connectivity index (χ4v) is 2.90. The first-order chi connectivity index (χ1) is 12.8. The van der Waals surface area contributed by atoms with Crippen LogP contribution in [0.15, 0.2) is 73.1 Å². The van der Waals surface area contributed by atoms with Crippen molar-refractivity contribution in [1.82, 2.24) is 14.5 Å². The Bertz CT molecular complexity index is 1000. The summed E-state index contributed by atoms with van der Waals surface area (Å²) >= 11 is 6.19. The maximum Gasteiger partial charge on any atom is 0.149 e. The van der Waals surface area contributed by atoms with E-state index in [0.29, 0.717) is 18.3 Å². The van der Waals surface area contributed by atoms with Crippen LogP contribution in [0.1, 0.15) is 5.82 Å². The topological polar surface area (TPSA) is 52.0 Å². The van der Waals surface area contributed by atoms with E-state index in [-0.39, 0.29) is 0 Å². The summed E-state index contributed by atoms with van der Waals surface area (Å²) < 4.78 is 7.96. The highest BCUT2D eigenvalue weighted by Gasteiger charge is 2.12. The zero-order valence-electron chi connectivity index (χ0n) is 14.0. The Labute approximate surface area is 156 Å². The van der Waals surface area contributed by atoms with Crippen LogP contribution in [0.25, 0.3) is 11.0 Å². The number of imidazole rings is 1. The summed E-state index contributed by atoms with van der Waals surface area (Å²) in [6.45, 7) is 0.919. The minimum atomic E-state index is 0.369. The van der Waals surface area contributed by atoms with Crippen molar-refractivity contribution in [3.05, 3.63) is 83.9 Å². The van der Waals surface area contributed by atoms with E-state index in [4.69, 9.17) is 21.3 Å². The monoisotopic (exact) mass is 364 g/mol. The molecule has 0 saturated carbocycles. The van der Waals surface area contributed by atoms with E-state index in [1.807, 2.05) is 60.7 Å². The van der Waals surface area contributed by atoms with Crippen LogP contribution < -0.4 is 10.1 Å². The van der Waals surface area contributed by atoms with Gasteiger partial charge in [0.25, 0.3) is 0 Å². The lowest BCUT2D eigenvalue weighted by Crippen LogP contribution is -2.13. The Balaban J connectivity index is 1.62. The lowest BCUT2D eigenvalue weighted by Gasteiger charge is -2.12. The number of hydrogen-bond donors (Lipinski definition) is 1. The quantitative estimate of drug-likeness (QED) is 0.537. The van der Waals surface area contributed by atoms with Crippen molar-refractivity contribution >= 4 is 28.3 Å². The van der Waals surface area contributed by atoms with Gasteiger partial charge in [-0.05, 0) is 42.5 Å².